The highest BCUT2D eigenvalue weighted by molar-refractivity contribution is 5.69. The van der Waals surface area contributed by atoms with E-state index in [1.165, 1.54) is 12.1 Å². The van der Waals surface area contributed by atoms with E-state index in [9.17, 15) is 14.3 Å². The van der Waals surface area contributed by atoms with Crippen LogP contribution in [0.2, 0.25) is 0 Å². The van der Waals surface area contributed by atoms with Crippen LogP contribution < -0.4 is 4.74 Å². The minimum absolute atomic E-state index is 0.0109. The lowest BCUT2D eigenvalue weighted by molar-refractivity contribution is 0.0253. The molecule has 2 heterocycles. The van der Waals surface area contributed by atoms with Crippen LogP contribution in [0.4, 0.5) is 9.18 Å². The fraction of sp³-hybridized carbons (Fsp3) is 0.500. The second-order valence-corrected chi connectivity index (χ2v) is 9.93. The van der Waals surface area contributed by atoms with E-state index in [-0.39, 0.29) is 29.9 Å². The third-order valence-electron chi connectivity index (χ3n) is 5.60. The highest BCUT2D eigenvalue weighted by atomic mass is 19.1. The van der Waals surface area contributed by atoms with Gasteiger partial charge >= 0.3 is 6.09 Å². The maximum atomic E-state index is 13.3. The molecule has 1 saturated heterocycles. The van der Waals surface area contributed by atoms with Gasteiger partial charge in [-0.2, -0.15) is 0 Å². The second-order valence-electron chi connectivity index (χ2n) is 9.93. The van der Waals surface area contributed by atoms with Gasteiger partial charge in [-0.05, 0) is 58.9 Å². The van der Waals surface area contributed by atoms with Crippen molar-refractivity contribution in [2.45, 2.75) is 51.9 Å². The summed E-state index contributed by atoms with van der Waals surface area (Å²) in [7, 11) is 0. The van der Waals surface area contributed by atoms with Crippen molar-refractivity contribution in [2.24, 2.45) is 11.8 Å². The van der Waals surface area contributed by atoms with Gasteiger partial charge in [-0.25, -0.2) is 14.2 Å². The molecular weight excluding hydrogens is 399 g/mol. The summed E-state index contributed by atoms with van der Waals surface area (Å²) < 4.78 is 25.0. The maximum Gasteiger partial charge on any atom is 0.410 e. The molecule has 1 aromatic heterocycles. The minimum atomic E-state index is -1.15. The van der Waals surface area contributed by atoms with Gasteiger partial charge in [0.1, 0.15) is 28.9 Å². The molecule has 2 fully saturated rings. The van der Waals surface area contributed by atoms with E-state index in [0.717, 1.165) is 5.56 Å². The lowest BCUT2D eigenvalue weighted by atomic mass is 10.0. The first-order valence-corrected chi connectivity index (χ1v) is 10.6. The Morgan fingerprint density at radius 1 is 1.10 bits per heavy atom. The van der Waals surface area contributed by atoms with Gasteiger partial charge in [-0.15, -0.1) is 0 Å². The number of fused-ring (bicyclic) bond motifs is 1. The molecule has 6 nitrogen and oxygen atoms in total. The van der Waals surface area contributed by atoms with Crippen molar-refractivity contribution in [3.63, 3.8) is 0 Å². The number of aromatic nitrogens is 1. The van der Waals surface area contributed by atoms with E-state index in [0.29, 0.717) is 30.2 Å². The molecular formula is C24H29FN2O4. The molecule has 0 spiro atoms. The van der Waals surface area contributed by atoms with Crippen molar-refractivity contribution in [3.05, 3.63) is 47.9 Å². The molecule has 0 bridgehead atoms. The Hall–Kier alpha value is -2.67. The fourth-order valence-electron chi connectivity index (χ4n) is 3.93. The number of benzene rings is 1. The van der Waals surface area contributed by atoms with Gasteiger partial charge in [0.15, 0.2) is 0 Å². The summed E-state index contributed by atoms with van der Waals surface area (Å²) in [4.78, 5) is 18.6. The van der Waals surface area contributed by atoms with E-state index < -0.39 is 11.2 Å². The number of hydrogen-bond donors (Lipinski definition) is 1. The number of ether oxygens (including phenoxy) is 2. The Labute approximate surface area is 182 Å². The molecule has 1 saturated carbocycles. The van der Waals surface area contributed by atoms with Gasteiger partial charge in [0, 0.05) is 42.6 Å². The molecule has 0 radical (unpaired) electrons. The normalized spacial score (nSPS) is 22.8. The van der Waals surface area contributed by atoms with E-state index in [4.69, 9.17) is 9.47 Å². The predicted octanol–water partition coefficient (Wildman–Crippen LogP) is 4.36. The number of likely N-dealkylation sites (tertiary alicyclic amines) is 1. The lowest BCUT2D eigenvalue weighted by Crippen LogP contribution is -2.38. The molecule has 3 atom stereocenters. The van der Waals surface area contributed by atoms with Crippen LogP contribution in [0, 0.1) is 17.7 Å². The number of pyridine rings is 1. The van der Waals surface area contributed by atoms with Crippen LogP contribution in [-0.4, -0.2) is 45.9 Å². The van der Waals surface area contributed by atoms with Crippen molar-refractivity contribution in [1.82, 2.24) is 9.88 Å². The summed E-state index contributed by atoms with van der Waals surface area (Å²) in [5, 5.41) is 10.5. The average molecular weight is 429 g/mol. The molecule has 1 amide bonds. The maximum absolute atomic E-state index is 13.3. The third kappa shape index (κ3) is 4.82. The van der Waals surface area contributed by atoms with Crippen LogP contribution in [0.3, 0.4) is 0 Å². The van der Waals surface area contributed by atoms with Crippen LogP contribution >= 0.6 is 0 Å². The van der Waals surface area contributed by atoms with Crippen LogP contribution in [-0.2, 0) is 10.3 Å². The quantitative estimate of drug-likeness (QED) is 0.784. The topological polar surface area (TPSA) is 71.9 Å². The van der Waals surface area contributed by atoms with E-state index in [1.54, 1.807) is 36.9 Å². The second kappa shape index (κ2) is 7.48. The van der Waals surface area contributed by atoms with Crippen molar-refractivity contribution >= 4 is 6.09 Å². The van der Waals surface area contributed by atoms with Crippen LogP contribution in [0.25, 0.3) is 11.3 Å². The number of piperidine rings is 1. The highest BCUT2D eigenvalue weighted by Crippen LogP contribution is 2.48. The van der Waals surface area contributed by atoms with Crippen LogP contribution in [0.15, 0.2) is 36.4 Å². The Morgan fingerprint density at radius 2 is 1.71 bits per heavy atom. The Morgan fingerprint density at radius 3 is 2.26 bits per heavy atom. The molecule has 2 aliphatic rings. The monoisotopic (exact) mass is 428 g/mol. The Bertz CT molecular complexity index is 967. The van der Waals surface area contributed by atoms with Gasteiger partial charge in [-0.1, -0.05) is 0 Å². The largest absolute Gasteiger partial charge is 0.490 e. The number of carbonyl (C=O) groups excluding carboxylic acids is 1. The zero-order valence-electron chi connectivity index (χ0n) is 18.6. The molecule has 0 unspecified atom stereocenters. The SMILES string of the molecule is CC(C)(C)OC(=O)N1C[C@@H]2[C@H](C1)[C@H]2Oc1cc(-c2ccc(F)cc2)nc(C(C)(C)O)c1. The summed E-state index contributed by atoms with van der Waals surface area (Å²) in [5.41, 5.74) is 0.160. The van der Waals surface area contributed by atoms with E-state index in [2.05, 4.69) is 4.98 Å². The molecule has 1 aliphatic carbocycles. The molecule has 1 aliphatic heterocycles. The molecule has 4 rings (SSSR count). The molecule has 1 N–H and O–H groups in total. The zero-order valence-corrected chi connectivity index (χ0v) is 18.6. The average Bonchev–Trinajstić information content (AvgIpc) is 3.09. The summed E-state index contributed by atoms with van der Waals surface area (Å²) in [6, 6.07) is 9.62. The number of aliphatic hydroxyl groups is 1. The predicted molar refractivity (Wildman–Crippen MR) is 114 cm³/mol. The number of nitrogens with zero attached hydrogens (tertiary/aromatic N) is 2. The number of rotatable bonds is 4. The molecule has 7 heteroatoms. The first kappa shape index (κ1) is 21.6. The standard InChI is InChI=1S/C24H29FN2O4/c1-23(2,3)31-22(28)27-12-17-18(13-27)21(17)30-16-10-19(14-6-8-15(25)9-7-14)26-20(11-16)24(4,5)29/h6-11,17-18,21,29H,12-13H2,1-5H3/t17-,18+,21+. The van der Waals surface area contributed by atoms with Gasteiger partial charge in [-0.3, -0.25) is 0 Å². The molecule has 1 aromatic carbocycles. The van der Waals surface area contributed by atoms with Gasteiger partial charge in [0.25, 0.3) is 0 Å². The number of carbonyl (C=O) groups is 1. The van der Waals surface area contributed by atoms with Crippen molar-refractivity contribution < 1.29 is 23.8 Å². The minimum Gasteiger partial charge on any atom is -0.490 e. The van der Waals surface area contributed by atoms with E-state index in [1.807, 2.05) is 26.8 Å². The van der Waals surface area contributed by atoms with Gasteiger partial charge in [0.2, 0.25) is 0 Å². The lowest BCUT2D eigenvalue weighted by Gasteiger charge is -2.26. The van der Waals surface area contributed by atoms with E-state index >= 15 is 0 Å². The molecule has 2 aromatic rings. The summed E-state index contributed by atoms with van der Waals surface area (Å²) in [5.74, 6) is 0.815. The smallest absolute Gasteiger partial charge is 0.410 e. The molecule has 166 valence electrons. The van der Waals surface area contributed by atoms with Crippen molar-refractivity contribution in [1.29, 1.82) is 0 Å². The van der Waals surface area contributed by atoms with Crippen LogP contribution in [0.5, 0.6) is 5.75 Å². The zero-order chi connectivity index (χ0) is 22.6. The Balaban J connectivity index is 1.48. The van der Waals surface area contributed by atoms with Gasteiger partial charge in [0.05, 0.1) is 11.4 Å². The van der Waals surface area contributed by atoms with Crippen LogP contribution in [0.1, 0.15) is 40.3 Å². The highest BCUT2D eigenvalue weighted by Gasteiger charge is 2.59. The summed E-state index contributed by atoms with van der Waals surface area (Å²) >= 11 is 0. The fourth-order valence-corrected chi connectivity index (χ4v) is 3.93. The van der Waals surface area contributed by atoms with Gasteiger partial charge < -0.3 is 19.5 Å². The summed E-state index contributed by atoms with van der Waals surface area (Å²) in [6.07, 6.45) is -0.276. The molecule has 31 heavy (non-hydrogen) atoms. The first-order valence-electron chi connectivity index (χ1n) is 10.6. The summed E-state index contributed by atoms with van der Waals surface area (Å²) in [6.45, 7) is 10.1. The first-order chi connectivity index (χ1) is 14.4. The number of halogens is 1. The Kier molecular flexibility index (Phi) is 5.20. The number of amides is 1. The van der Waals surface area contributed by atoms with Crippen molar-refractivity contribution in [3.8, 4) is 17.0 Å². The number of hydrogen-bond acceptors (Lipinski definition) is 5. The third-order valence-corrected chi connectivity index (χ3v) is 5.60. The van der Waals surface area contributed by atoms with Crippen molar-refractivity contribution in [2.75, 3.05) is 13.1 Å².